The molecule has 198 valence electrons. The van der Waals surface area contributed by atoms with Gasteiger partial charge in [0.05, 0.1) is 0 Å². The van der Waals surface area contributed by atoms with Gasteiger partial charge >= 0.3 is 7.32 Å². The predicted octanol–water partition coefficient (Wildman–Crippen LogP) is 8.12. The van der Waals surface area contributed by atoms with Gasteiger partial charge in [-0.2, -0.15) is 0 Å². The lowest BCUT2D eigenvalue weighted by molar-refractivity contribution is 0.00910. The van der Waals surface area contributed by atoms with Gasteiger partial charge in [-0.15, -0.1) is 0 Å². The van der Waals surface area contributed by atoms with Crippen molar-refractivity contribution in [2.24, 2.45) is 0 Å². The first-order valence-electron chi connectivity index (χ1n) is 14.1. The summed E-state index contributed by atoms with van der Waals surface area (Å²) >= 11 is 0. The molecule has 1 aliphatic rings. The largest absolute Gasteiger partial charge is 0.641 e. The minimum absolute atomic E-state index is 0.525. The van der Waals surface area contributed by atoms with E-state index in [1.807, 2.05) is 24.3 Å². The molecule has 0 aliphatic carbocycles. The second-order valence-corrected chi connectivity index (χ2v) is 10.1. The van der Waals surface area contributed by atoms with E-state index < -0.39 is 18.5 Å². The van der Waals surface area contributed by atoms with Gasteiger partial charge in [-0.05, 0) is 39.8 Å². The van der Waals surface area contributed by atoms with Crippen molar-refractivity contribution in [1.29, 1.82) is 0 Å². The van der Waals surface area contributed by atoms with Crippen LogP contribution in [0.4, 0.5) is 0 Å². The number of benzene rings is 5. The normalized spacial score (nSPS) is 15.7. The van der Waals surface area contributed by atoms with Crippen LogP contribution in [-0.2, 0) is 25.2 Å². The Labute approximate surface area is 237 Å². The summed E-state index contributed by atoms with van der Waals surface area (Å²) in [6.45, 7) is 2.68. The second kappa shape index (κ2) is 11.7. The number of unbranched alkanes of at least 4 members (excludes halogenated alkanes) is 1. The molecule has 0 amide bonds. The topological polar surface area (TPSA) is 27.7 Å². The van der Waals surface area contributed by atoms with Crippen LogP contribution < -0.4 is 0 Å². The smallest absolute Gasteiger partial charge is 0.386 e. The third-order valence-electron chi connectivity index (χ3n) is 7.70. The quantitative estimate of drug-likeness (QED) is 0.152. The molecule has 6 rings (SSSR count). The van der Waals surface area contributed by atoms with Crippen LogP contribution in [0.3, 0.4) is 0 Å². The summed E-state index contributed by atoms with van der Waals surface area (Å²) in [5.74, 6) is 0. The summed E-state index contributed by atoms with van der Waals surface area (Å²) in [6, 6.07) is 50.2. The Morgan fingerprint density at radius 2 is 0.825 bits per heavy atom. The van der Waals surface area contributed by atoms with Crippen LogP contribution in [0.1, 0.15) is 53.1 Å². The van der Waals surface area contributed by atoms with E-state index >= 15 is 0 Å². The third-order valence-corrected chi connectivity index (χ3v) is 7.70. The summed E-state index contributed by atoms with van der Waals surface area (Å²) < 4.78 is 20.9. The maximum absolute atomic E-state index is 7.20. The van der Waals surface area contributed by atoms with Crippen molar-refractivity contribution in [1.82, 2.24) is 0 Å². The standard InChI is InChI=1S/C36H33BO3/c1-2-3-28-38-37-39-35(29-18-8-4-9-19-29,30-20-10-5-11-21-30)33-26-16-17-27-34(33)36(40-37,31-22-12-6-13-23-31)32-24-14-7-15-25-32/h4-27H,2-3,28H2,1H3. The van der Waals surface area contributed by atoms with Gasteiger partial charge in [-0.3, -0.25) is 0 Å². The molecule has 0 saturated heterocycles. The van der Waals surface area contributed by atoms with E-state index in [-0.39, 0.29) is 0 Å². The minimum Gasteiger partial charge on any atom is -0.386 e. The maximum Gasteiger partial charge on any atom is 0.641 e. The first-order valence-corrected chi connectivity index (χ1v) is 14.1. The summed E-state index contributed by atoms with van der Waals surface area (Å²) in [5.41, 5.74) is 4.11. The molecule has 1 aliphatic heterocycles. The van der Waals surface area contributed by atoms with Crippen LogP contribution >= 0.6 is 0 Å². The van der Waals surface area contributed by atoms with E-state index in [0.29, 0.717) is 6.61 Å². The molecule has 0 aromatic heterocycles. The highest BCUT2D eigenvalue weighted by Crippen LogP contribution is 2.52. The van der Waals surface area contributed by atoms with Crippen molar-refractivity contribution < 1.29 is 14.0 Å². The SMILES string of the molecule is CCCCOB1OC(c2ccccc2)(c2ccccc2)c2ccccc2C(c2ccccc2)(c2ccccc2)O1. The van der Waals surface area contributed by atoms with Gasteiger partial charge in [-0.1, -0.05) is 159 Å². The lowest BCUT2D eigenvalue weighted by Crippen LogP contribution is -2.42. The van der Waals surface area contributed by atoms with Crippen molar-refractivity contribution in [3.63, 3.8) is 0 Å². The van der Waals surface area contributed by atoms with Gasteiger partial charge in [0.15, 0.2) is 0 Å². The summed E-state index contributed by atoms with van der Waals surface area (Å²) in [7, 11) is -0.959. The van der Waals surface area contributed by atoms with Gasteiger partial charge < -0.3 is 14.0 Å². The molecule has 1 heterocycles. The average molecular weight is 524 g/mol. The van der Waals surface area contributed by atoms with Crippen LogP contribution in [0, 0.1) is 0 Å². The van der Waals surface area contributed by atoms with Crippen LogP contribution in [-0.4, -0.2) is 13.9 Å². The predicted molar refractivity (Wildman–Crippen MR) is 161 cm³/mol. The monoisotopic (exact) mass is 524 g/mol. The molecule has 40 heavy (non-hydrogen) atoms. The maximum atomic E-state index is 7.20. The highest BCUT2D eigenvalue weighted by molar-refractivity contribution is 6.37. The molecule has 0 N–H and O–H groups in total. The van der Waals surface area contributed by atoms with Crippen LogP contribution in [0.5, 0.6) is 0 Å². The lowest BCUT2D eigenvalue weighted by atomic mass is 9.71. The minimum atomic E-state index is -0.985. The molecule has 5 aromatic rings. The third kappa shape index (κ3) is 4.59. The van der Waals surface area contributed by atoms with Crippen molar-refractivity contribution >= 4 is 7.32 Å². The van der Waals surface area contributed by atoms with Gasteiger partial charge in [0.2, 0.25) is 0 Å². The zero-order valence-corrected chi connectivity index (χ0v) is 22.8. The highest BCUT2D eigenvalue weighted by atomic mass is 16.7. The number of hydrogen-bond acceptors (Lipinski definition) is 3. The number of rotatable bonds is 8. The Hall–Kier alpha value is -3.96. The molecular formula is C36H33BO3. The van der Waals surface area contributed by atoms with E-state index in [0.717, 1.165) is 46.2 Å². The van der Waals surface area contributed by atoms with Crippen molar-refractivity contribution in [3.8, 4) is 0 Å². The van der Waals surface area contributed by atoms with Crippen molar-refractivity contribution in [2.45, 2.75) is 31.0 Å². The van der Waals surface area contributed by atoms with Gasteiger partial charge in [0.1, 0.15) is 11.2 Å². The summed E-state index contributed by atoms with van der Waals surface area (Å²) in [6.07, 6.45) is 1.92. The fourth-order valence-corrected chi connectivity index (χ4v) is 5.85. The molecule has 0 fully saturated rings. The zero-order valence-electron chi connectivity index (χ0n) is 22.8. The molecule has 0 unspecified atom stereocenters. The van der Waals surface area contributed by atoms with E-state index in [1.165, 1.54) is 0 Å². The van der Waals surface area contributed by atoms with E-state index in [4.69, 9.17) is 14.0 Å². The number of hydrogen-bond donors (Lipinski definition) is 0. The molecule has 3 nitrogen and oxygen atoms in total. The Kier molecular flexibility index (Phi) is 7.65. The first kappa shape index (κ1) is 26.3. The molecule has 0 spiro atoms. The number of fused-ring (bicyclic) bond motifs is 1. The molecule has 4 heteroatoms. The van der Waals surface area contributed by atoms with E-state index in [2.05, 4.69) is 128 Å². The van der Waals surface area contributed by atoms with Crippen LogP contribution in [0.2, 0.25) is 0 Å². The fourth-order valence-electron chi connectivity index (χ4n) is 5.85. The fraction of sp³-hybridized carbons (Fsp3) is 0.167. The van der Waals surface area contributed by atoms with E-state index in [9.17, 15) is 0 Å². The first-order chi connectivity index (χ1) is 19.8. The van der Waals surface area contributed by atoms with Crippen LogP contribution in [0.25, 0.3) is 0 Å². The second-order valence-electron chi connectivity index (χ2n) is 10.1. The highest BCUT2D eigenvalue weighted by Gasteiger charge is 2.54. The molecule has 0 atom stereocenters. The zero-order chi connectivity index (χ0) is 27.3. The van der Waals surface area contributed by atoms with Crippen LogP contribution in [0.15, 0.2) is 146 Å². The summed E-state index contributed by atoms with van der Waals surface area (Å²) in [4.78, 5) is 0. The lowest BCUT2D eigenvalue weighted by Gasteiger charge is -2.38. The Balaban J connectivity index is 1.72. The molecular weight excluding hydrogens is 491 g/mol. The van der Waals surface area contributed by atoms with E-state index in [1.54, 1.807) is 0 Å². The summed E-state index contributed by atoms with van der Waals surface area (Å²) in [5, 5.41) is 0. The van der Waals surface area contributed by atoms with Crippen molar-refractivity contribution in [2.75, 3.05) is 6.61 Å². The Bertz CT molecular complexity index is 1320. The molecule has 0 radical (unpaired) electrons. The van der Waals surface area contributed by atoms with Gasteiger partial charge in [0, 0.05) is 6.61 Å². The average Bonchev–Trinajstić information content (AvgIpc) is 3.17. The van der Waals surface area contributed by atoms with Crippen molar-refractivity contribution in [3.05, 3.63) is 179 Å². The molecule has 5 aromatic carbocycles. The molecule has 0 bridgehead atoms. The Morgan fingerprint density at radius 1 is 0.500 bits per heavy atom. The van der Waals surface area contributed by atoms with Gasteiger partial charge in [-0.25, -0.2) is 0 Å². The molecule has 0 saturated carbocycles. The van der Waals surface area contributed by atoms with Gasteiger partial charge in [0.25, 0.3) is 0 Å². The Morgan fingerprint density at radius 3 is 1.15 bits per heavy atom.